The standard InChI is InChI=1S/C6H7N.C2H5Cl2N/c7-6-4-2-1-3-5-6;1-2(3)5-4/h1-5H,7H2;2,5H,1H3. The zero-order chi connectivity index (χ0) is 9.40. The van der Waals surface area contributed by atoms with Crippen molar-refractivity contribution in [3.63, 3.8) is 0 Å². The van der Waals surface area contributed by atoms with Crippen LogP contribution in [0.4, 0.5) is 5.69 Å². The van der Waals surface area contributed by atoms with Crippen LogP contribution < -0.4 is 10.6 Å². The maximum atomic E-state index is 5.36. The first-order chi connectivity index (χ1) is 5.66. The van der Waals surface area contributed by atoms with Crippen LogP contribution in [0.3, 0.4) is 0 Å². The first-order valence-corrected chi connectivity index (χ1v) is 4.29. The maximum Gasteiger partial charge on any atom is 0.0933 e. The molecule has 1 aromatic rings. The van der Waals surface area contributed by atoms with Gasteiger partial charge in [0.2, 0.25) is 0 Å². The minimum absolute atomic E-state index is 0.128. The van der Waals surface area contributed by atoms with E-state index in [9.17, 15) is 0 Å². The van der Waals surface area contributed by atoms with E-state index in [1.54, 1.807) is 6.92 Å². The Morgan fingerprint density at radius 1 is 1.33 bits per heavy atom. The van der Waals surface area contributed by atoms with Crippen molar-refractivity contribution < 1.29 is 0 Å². The Morgan fingerprint density at radius 3 is 1.92 bits per heavy atom. The molecular weight excluding hydrogens is 195 g/mol. The SMILES string of the molecule is CC(Cl)NCl.Nc1ccccc1. The van der Waals surface area contributed by atoms with Crippen molar-refractivity contribution >= 4 is 29.1 Å². The van der Waals surface area contributed by atoms with Crippen molar-refractivity contribution in [3.8, 4) is 0 Å². The molecule has 0 aliphatic carbocycles. The van der Waals surface area contributed by atoms with Crippen LogP contribution in [-0.4, -0.2) is 5.50 Å². The number of nitrogens with one attached hydrogen (secondary N) is 1. The van der Waals surface area contributed by atoms with Gasteiger partial charge in [-0.3, -0.25) is 0 Å². The second kappa shape index (κ2) is 7.22. The van der Waals surface area contributed by atoms with Gasteiger partial charge in [0, 0.05) is 5.69 Å². The Morgan fingerprint density at radius 2 is 1.75 bits per heavy atom. The molecule has 0 aliphatic rings. The van der Waals surface area contributed by atoms with E-state index in [2.05, 4.69) is 4.84 Å². The second-order valence-electron chi connectivity index (χ2n) is 2.14. The van der Waals surface area contributed by atoms with Crippen LogP contribution >= 0.6 is 23.4 Å². The molecule has 2 nitrogen and oxygen atoms in total. The summed E-state index contributed by atoms with van der Waals surface area (Å²) in [5.74, 6) is 0. The van der Waals surface area contributed by atoms with Gasteiger partial charge in [0.25, 0.3) is 0 Å². The molecule has 0 aliphatic heterocycles. The Hall–Kier alpha value is -0.440. The van der Waals surface area contributed by atoms with E-state index >= 15 is 0 Å². The van der Waals surface area contributed by atoms with E-state index in [4.69, 9.17) is 29.1 Å². The average molecular weight is 207 g/mol. The number of rotatable bonds is 1. The number of hydrogen-bond donors (Lipinski definition) is 2. The number of alkyl halides is 1. The molecule has 68 valence electrons. The first-order valence-electron chi connectivity index (χ1n) is 3.47. The van der Waals surface area contributed by atoms with E-state index in [1.165, 1.54) is 0 Å². The van der Waals surface area contributed by atoms with Gasteiger partial charge in [-0.1, -0.05) is 18.2 Å². The third-order valence-corrected chi connectivity index (χ3v) is 1.50. The largest absolute Gasteiger partial charge is 0.399 e. The minimum Gasteiger partial charge on any atom is -0.399 e. The smallest absolute Gasteiger partial charge is 0.0933 e. The Bertz CT molecular complexity index is 190. The summed E-state index contributed by atoms with van der Waals surface area (Å²) in [6.07, 6.45) is 0. The topological polar surface area (TPSA) is 38.0 Å². The van der Waals surface area contributed by atoms with Gasteiger partial charge in [-0.25, -0.2) is 4.84 Å². The summed E-state index contributed by atoms with van der Waals surface area (Å²) in [4.78, 5) is 2.27. The molecule has 0 saturated heterocycles. The summed E-state index contributed by atoms with van der Waals surface area (Å²) < 4.78 is 0. The monoisotopic (exact) mass is 206 g/mol. The molecule has 0 saturated carbocycles. The van der Waals surface area contributed by atoms with Crippen molar-refractivity contribution in [2.45, 2.75) is 12.4 Å². The number of halogens is 2. The summed E-state index contributed by atoms with van der Waals surface area (Å²) in [7, 11) is 0. The fourth-order valence-corrected chi connectivity index (χ4v) is 0.453. The number of benzene rings is 1. The van der Waals surface area contributed by atoms with Gasteiger partial charge in [-0.05, 0) is 30.8 Å². The molecule has 1 rings (SSSR count). The lowest BCUT2D eigenvalue weighted by Gasteiger charge is -1.89. The van der Waals surface area contributed by atoms with E-state index in [1.807, 2.05) is 30.3 Å². The molecule has 0 heterocycles. The van der Waals surface area contributed by atoms with Crippen LogP contribution in [-0.2, 0) is 0 Å². The normalized spacial score (nSPS) is 11.2. The van der Waals surface area contributed by atoms with Gasteiger partial charge in [0.05, 0.1) is 5.50 Å². The van der Waals surface area contributed by atoms with Crippen LogP contribution in [0.2, 0.25) is 0 Å². The van der Waals surface area contributed by atoms with Gasteiger partial charge in [-0.15, -0.1) is 11.6 Å². The van der Waals surface area contributed by atoms with Crippen LogP contribution in [0, 0.1) is 0 Å². The lowest BCUT2D eigenvalue weighted by Crippen LogP contribution is -2.05. The Kier molecular flexibility index (Phi) is 6.96. The fourth-order valence-electron chi connectivity index (χ4n) is 0.453. The van der Waals surface area contributed by atoms with E-state index in [0.29, 0.717) is 0 Å². The summed E-state index contributed by atoms with van der Waals surface area (Å²) in [6.45, 7) is 1.74. The van der Waals surface area contributed by atoms with Crippen molar-refractivity contribution in [1.82, 2.24) is 4.84 Å². The molecule has 1 aromatic carbocycles. The predicted octanol–water partition coefficient (Wildman–Crippen LogP) is 2.58. The lowest BCUT2D eigenvalue weighted by molar-refractivity contribution is 0.931. The molecule has 0 amide bonds. The quantitative estimate of drug-likeness (QED) is 0.321. The van der Waals surface area contributed by atoms with Crippen molar-refractivity contribution in [2.75, 3.05) is 5.73 Å². The predicted molar refractivity (Wildman–Crippen MR) is 55.2 cm³/mol. The average Bonchev–Trinajstić information content (AvgIpc) is 2.07. The third-order valence-electron chi connectivity index (χ3n) is 0.950. The van der Waals surface area contributed by atoms with E-state index < -0.39 is 0 Å². The molecule has 4 heteroatoms. The van der Waals surface area contributed by atoms with Crippen LogP contribution in [0.1, 0.15) is 6.92 Å². The highest BCUT2D eigenvalue weighted by Gasteiger charge is 1.82. The zero-order valence-corrected chi connectivity index (χ0v) is 8.31. The van der Waals surface area contributed by atoms with Gasteiger partial charge in [0.1, 0.15) is 0 Å². The van der Waals surface area contributed by atoms with Crippen molar-refractivity contribution in [1.29, 1.82) is 0 Å². The number of para-hydroxylation sites is 1. The van der Waals surface area contributed by atoms with Crippen LogP contribution in [0.25, 0.3) is 0 Å². The summed E-state index contributed by atoms with van der Waals surface area (Å²) in [5.41, 5.74) is 6.05. The first kappa shape index (κ1) is 11.6. The highest BCUT2D eigenvalue weighted by Crippen LogP contribution is 1.95. The van der Waals surface area contributed by atoms with Gasteiger partial charge >= 0.3 is 0 Å². The Balaban J connectivity index is 0.000000217. The van der Waals surface area contributed by atoms with E-state index in [0.717, 1.165) is 5.69 Å². The van der Waals surface area contributed by atoms with Crippen molar-refractivity contribution in [2.24, 2.45) is 0 Å². The second-order valence-corrected chi connectivity index (χ2v) is 3.01. The van der Waals surface area contributed by atoms with Gasteiger partial charge in [0.15, 0.2) is 0 Å². The number of nitrogen functional groups attached to an aromatic ring is 1. The minimum atomic E-state index is -0.128. The molecule has 12 heavy (non-hydrogen) atoms. The zero-order valence-electron chi connectivity index (χ0n) is 6.80. The van der Waals surface area contributed by atoms with E-state index in [-0.39, 0.29) is 5.50 Å². The highest BCUT2D eigenvalue weighted by atomic mass is 35.5. The number of anilines is 1. The highest BCUT2D eigenvalue weighted by molar-refractivity contribution is 6.24. The molecule has 1 atom stereocenters. The number of hydrogen-bond acceptors (Lipinski definition) is 2. The molecule has 0 fully saturated rings. The summed E-state index contributed by atoms with van der Waals surface area (Å²) >= 11 is 10.2. The molecule has 0 spiro atoms. The Labute approximate surface area is 82.8 Å². The molecule has 0 radical (unpaired) electrons. The van der Waals surface area contributed by atoms with Gasteiger partial charge < -0.3 is 5.73 Å². The van der Waals surface area contributed by atoms with Crippen LogP contribution in [0.15, 0.2) is 30.3 Å². The fraction of sp³-hybridized carbons (Fsp3) is 0.250. The third kappa shape index (κ3) is 7.66. The molecular formula is C8H12Cl2N2. The summed E-state index contributed by atoms with van der Waals surface area (Å²) in [6, 6.07) is 9.49. The maximum absolute atomic E-state index is 5.36. The van der Waals surface area contributed by atoms with Crippen LogP contribution in [0.5, 0.6) is 0 Å². The van der Waals surface area contributed by atoms with Gasteiger partial charge in [-0.2, -0.15) is 0 Å². The lowest BCUT2D eigenvalue weighted by atomic mass is 10.3. The molecule has 0 aromatic heterocycles. The summed E-state index contributed by atoms with van der Waals surface area (Å²) in [5, 5.41) is 0. The molecule has 0 bridgehead atoms. The molecule has 1 unspecified atom stereocenters. The number of nitrogens with two attached hydrogens (primary N) is 1. The molecule has 3 N–H and O–H groups in total. The van der Waals surface area contributed by atoms with Crippen molar-refractivity contribution in [3.05, 3.63) is 30.3 Å².